The number of carbonyl (C=O) groups is 1. The second-order valence-corrected chi connectivity index (χ2v) is 8.22. The van der Waals surface area contributed by atoms with Gasteiger partial charge in [0.15, 0.2) is 0 Å². The summed E-state index contributed by atoms with van der Waals surface area (Å²) in [6.45, 7) is 0. The predicted molar refractivity (Wildman–Crippen MR) is 115 cm³/mol. The number of nitrogens with zero attached hydrogens (tertiary/aromatic N) is 2. The fraction of sp³-hybridized carbons (Fsp3) is 0.227. The number of nitrogens with two attached hydrogens (primary N) is 1. The molecule has 1 aromatic carbocycles. The lowest BCUT2D eigenvalue weighted by atomic mass is 10.1. The number of nitrogen functional groups attached to an aromatic ring is 1. The van der Waals surface area contributed by atoms with Crippen LogP contribution in [0.4, 0.5) is 11.4 Å². The van der Waals surface area contributed by atoms with Gasteiger partial charge in [0, 0.05) is 16.5 Å². The van der Waals surface area contributed by atoms with Gasteiger partial charge in [0.05, 0.1) is 23.1 Å². The zero-order valence-electron chi connectivity index (χ0n) is 15.4. The fourth-order valence-corrected chi connectivity index (χ4v) is 4.82. The normalized spacial score (nSPS) is 14.0. The summed E-state index contributed by atoms with van der Waals surface area (Å²) in [6, 6.07) is 11.9. The second kappa shape index (κ2) is 6.87. The topological polar surface area (TPSA) is 80.9 Å². The maximum atomic E-state index is 12.9. The minimum absolute atomic E-state index is 0.215. The largest absolute Gasteiger partial charge is 0.397 e. The second-order valence-electron chi connectivity index (χ2n) is 7.22. The molecule has 3 heterocycles. The van der Waals surface area contributed by atoms with Crippen molar-refractivity contribution in [2.24, 2.45) is 0 Å². The monoisotopic (exact) mass is 388 g/mol. The van der Waals surface area contributed by atoms with E-state index in [0.717, 1.165) is 39.7 Å². The Balaban J connectivity index is 1.49. The number of pyridine rings is 2. The van der Waals surface area contributed by atoms with Gasteiger partial charge in [-0.1, -0.05) is 24.6 Å². The van der Waals surface area contributed by atoms with Crippen molar-refractivity contribution >= 4 is 49.7 Å². The first-order valence-electron chi connectivity index (χ1n) is 9.56. The number of aryl methyl sites for hydroxylation is 2. The molecule has 0 saturated carbocycles. The van der Waals surface area contributed by atoms with E-state index in [1.807, 2.05) is 30.3 Å². The Morgan fingerprint density at radius 2 is 1.96 bits per heavy atom. The number of nitrogens with one attached hydrogen (secondary N) is 1. The van der Waals surface area contributed by atoms with Crippen molar-refractivity contribution in [3.8, 4) is 0 Å². The van der Waals surface area contributed by atoms with Crippen LogP contribution in [0.2, 0.25) is 0 Å². The fourth-order valence-electron chi connectivity index (χ4n) is 3.83. The lowest BCUT2D eigenvalue weighted by Gasteiger charge is -2.06. The van der Waals surface area contributed by atoms with Crippen molar-refractivity contribution in [1.29, 1.82) is 0 Å². The number of benzene rings is 1. The summed E-state index contributed by atoms with van der Waals surface area (Å²) in [5.74, 6) is -0.215. The summed E-state index contributed by atoms with van der Waals surface area (Å²) >= 11 is 1.37. The van der Waals surface area contributed by atoms with Crippen molar-refractivity contribution in [3.63, 3.8) is 0 Å². The number of thiophene rings is 1. The third-order valence-corrected chi connectivity index (χ3v) is 6.42. The molecule has 5 rings (SSSR count). The zero-order valence-corrected chi connectivity index (χ0v) is 16.2. The standard InChI is InChI=1S/C22H20N4OS/c23-19-16-11-14-6-2-1-3-9-18(14)26-22(16)28-20(19)21(27)25-15-10-13-7-4-5-8-17(13)24-12-15/h4-5,7-8,10-12H,1-3,6,9,23H2,(H,25,27). The van der Waals surface area contributed by atoms with E-state index in [0.29, 0.717) is 16.3 Å². The lowest BCUT2D eigenvalue weighted by molar-refractivity contribution is 0.103. The molecular weight excluding hydrogens is 368 g/mol. The molecule has 5 nitrogen and oxygen atoms in total. The number of fused-ring (bicyclic) bond motifs is 3. The molecule has 0 bridgehead atoms. The summed E-state index contributed by atoms with van der Waals surface area (Å²) in [6.07, 6.45) is 7.32. The molecule has 4 aromatic rings. The Labute approximate surface area is 166 Å². The van der Waals surface area contributed by atoms with Gasteiger partial charge in [-0.3, -0.25) is 9.78 Å². The highest BCUT2D eigenvalue weighted by molar-refractivity contribution is 7.21. The van der Waals surface area contributed by atoms with E-state index >= 15 is 0 Å². The highest BCUT2D eigenvalue weighted by atomic mass is 32.1. The van der Waals surface area contributed by atoms with E-state index in [2.05, 4.69) is 16.4 Å². The van der Waals surface area contributed by atoms with Crippen molar-refractivity contribution < 1.29 is 4.79 Å². The molecule has 3 aromatic heterocycles. The quantitative estimate of drug-likeness (QED) is 0.476. The maximum absolute atomic E-state index is 12.9. The zero-order chi connectivity index (χ0) is 19.1. The summed E-state index contributed by atoms with van der Waals surface area (Å²) in [4.78, 5) is 23.5. The van der Waals surface area contributed by atoms with Crippen LogP contribution in [0.1, 0.15) is 40.2 Å². The van der Waals surface area contributed by atoms with E-state index in [1.165, 1.54) is 36.2 Å². The van der Waals surface area contributed by atoms with Crippen molar-refractivity contribution in [2.75, 3.05) is 11.1 Å². The number of aromatic nitrogens is 2. The van der Waals surface area contributed by atoms with Gasteiger partial charge in [-0.2, -0.15) is 0 Å². The minimum Gasteiger partial charge on any atom is -0.397 e. The highest BCUT2D eigenvalue weighted by Gasteiger charge is 2.20. The molecule has 1 amide bonds. The van der Waals surface area contributed by atoms with Gasteiger partial charge < -0.3 is 11.1 Å². The molecule has 140 valence electrons. The first-order chi connectivity index (χ1) is 13.7. The third kappa shape index (κ3) is 2.99. The van der Waals surface area contributed by atoms with Crippen LogP contribution in [0.5, 0.6) is 0 Å². The van der Waals surface area contributed by atoms with Crippen LogP contribution in [0.25, 0.3) is 21.1 Å². The van der Waals surface area contributed by atoms with Crippen LogP contribution < -0.4 is 11.1 Å². The molecule has 1 aliphatic rings. The van der Waals surface area contributed by atoms with Crippen LogP contribution in [-0.4, -0.2) is 15.9 Å². The summed E-state index contributed by atoms with van der Waals surface area (Å²) in [5.41, 5.74) is 10.9. The first kappa shape index (κ1) is 17.1. The Kier molecular flexibility index (Phi) is 4.20. The van der Waals surface area contributed by atoms with Gasteiger partial charge in [-0.05, 0) is 49.4 Å². The molecule has 1 aliphatic carbocycles. The molecule has 3 N–H and O–H groups in total. The number of para-hydroxylation sites is 1. The lowest BCUT2D eigenvalue weighted by Crippen LogP contribution is -2.12. The molecule has 0 aliphatic heterocycles. The van der Waals surface area contributed by atoms with Crippen LogP contribution in [0, 0.1) is 0 Å². The Hall–Kier alpha value is -2.99. The summed E-state index contributed by atoms with van der Waals surface area (Å²) in [7, 11) is 0. The maximum Gasteiger partial charge on any atom is 0.267 e. The van der Waals surface area contributed by atoms with Crippen molar-refractivity contribution in [2.45, 2.75) is 32.1 Å². The number of amides is 1. The molecule has 0 spiro atoms. The van der Waals surface area contributed by atoms with Gasteiger partial charge in [-0.25, -0.2) is 4.98 Å². The smallest absolute Gasteiger partial charge is 0.267 e. The van der Waals surface area contributed by atoms with Crippen LogP contribution in [0.3, 0.4) is 0 Å². The molecule has 6 heteroatoms. The third-order valence-electron chi connectivity index (χ3n) is 5.30. The number of rotatable bonds is 2. The molecular formula is C22H20N4OS. The Morgan fingerprint density at radius 1 is 1.11 bits per heavy atom. The van der Waals surface area contributed by atoms with Crippen LogP contribution >= 0.6 is 11.3 Å². The van der Waals surface area contributed by atoms with Crippen molar-refractivity contribution in [3.05, 3.63) is 58.7 Å². The summed E-state index contributed by atoms with van der Waals surface area (Å²) in [5, 5.41) is 4.81. The Morgan fingerprint density at radius 3 is 2.89 bits per heavy atom. The van der Waals surface area contributed by atoms with E-state index in [1.54, 1.807) is 6.20 Å². The average molecular weight is 388 g/mol. The van der Waals surface area contributed by atoms with Gasteiger partial charge in [0.1, 0.15) is 9.71 Å². The van der Waals surface area contributed by atoms with E-state index in [4.69, 9.17) is 10.7 Å². The number of hydrogen-bond acceptors (Lipinski definition) is 5. The Bertz CT molecular complexity index is 1210. The average Bonchev–Trinajstić information content (AvgIpc) is 2.88. The van der Waals surface area contributed by atoms with Gasteiger partial charge in [-0.15, -0.1) is 11.3 Å². The highest BCUT2D eigenvalue weighted by Crippen LogP contribution is 2.35. The number of hydrogen-bond donors (Lipinski definition) is 2. The molecule has 0 saturated heterocycles. The molecule has 28 heavy (non-hydrogen) atoms. The van der Waals surface area contributed by atoms with E-state index in [9.17, 15) is 4.79 Å². The molecule has 0 atom stereocenters. The van der Waals surface area contributed by atoms with Gasteiger partial charge in [0.25, 0.3) is 5.91 Å². The first-order valence-corrected chi connectivity index (χ1v) is 10.4. The molecule has 0 fully saturated rings. The van der Waals surface area contributed by atoms with Gasteiger partial charge >= 0.3 is 0 Å². The molecule has 0 radical (unpaired) electrons. The molecule has 0 unspecified atom stereocenters. The van der Waals surface area contributed by atoms with Crippen LogP contribution in [0.15, 0.2) is 42.6 Å². The number of anilines is 2. The predicted octanol–water partition coefficient (Wildman–Crippen LogP) is 4.95. The van der Waals surface area contributed by atoms with E-state index in [-0.39, 0.29) is 5.91 Å². The van der Waals surface area contributed by atoms with Crippen LogP contribution in [-0.2, 0) is 12.8 Å². The number of carbonyl (C=O) groups excluding carboxylic acids is 1. The van der Waals surface area contributed by atoms with E-state index < -0.39 is 0 Å². The minimum atomic E-state index is -0.215. The summed E-state index contributed by atoms with van der Waals surface area (Å²) < 4.78 is 0. The van der Waals surface area contributed by atoms with Gasteiger partial charge in [0.2, 0.25) is 0 Å². The van der Waals surface area contributed by atoms with Crippen molar-refractivity contribution in [1.82, 2.24) is 9.97 Å². The SMILES string of the molecule is Nc1c(C(=O)Nc2cnc3ccccc3c2)sc2nc3c(cc12)CCCCC3.